The van der Waals surface area contributed by atoms with E-state index in [2.05, 4.69) is 11.1 Å². The number of fused-ring (bicyclic) bond motifs is 1. The summed E-state index contributed by atoms with van der Waals surface area (Å²) in [5.74, 6) is 0.489. The van der Waals surface area contributed by atoms with Crippen LogP contribution in [0, 0.1) is 18.3 Å². The number of hydrogen-bond acceptors (Lipinski definition) is 4. The predicted octanol–water partition coefficient (Wildman–Crippen LogP) is 3.52. The van der Waals surface area contributed by atoms with Crippen LogP contribution in [0.1, 0.15) is 30.4 Å². The number of pyridine rings is 1. The van der Waals surface area contributed by atoms with Crippen LogP contribution < -0.4 is 0 Å². The van der Waals surface area contributed by atoms with Gasteiger partial charge in [0.2, 0.25) is 5.91 Å². The second-order valence-electron chi connectivity index (χ2n) is 5.88. The fraction of sp³-hybridized carbons (Fsp3) is 0.389. The van der Waals surface area contributed by atoms with E-state index in [0.29, 0.717) is 16.3 Å². The van der Waals surface area contributed by atoms with Crippen LogP contribution in [0.3, 0.4) is 0 Å². The average Bonchev–Trinajstić information content (AvgIpc) is 2.59. The van der Waals surface area contributed by atoms with Crippen molar-refractivity contribution in [3.05, 3.63) is 35.4 Å². The minimum atomic E-state index is 0.143. The molecule has 0 unspecified atom stereocenters. The maximum Gasteiger partial charge on any atom is 0.232 e. The van der Waals surface area contributed by atoms with Crippen LogP contribution >= 0.6 is 11.8 Å². The molecule has 0 bridgehead atoms. The van der Waals surface area contributed by atoms with Gasteiger partial charge in [0.25, 0.3) is 0 Å². The van der Waals surface area contributed by atoms with E-state index in [1.807, 2.05) is 36.1 Å². The first-order chi connectivity index (χ1) is 11.2. The predicted molar refractivity (Wildman–Crippen MR) is 92.4 cm³/mol. The summed E-state index contributed by atoms with van der Waals surface area (Å²) < 4.78 is 0. The Hall–Kier alpha value is -2.06. The molecule has 0 spiro atoms. The fourth-order valence-electron chi connectivity index (χ4n) is 2.83. The third kappa shape index (κ3) is 3.65. The zero-order valence-electron chi connectivity index (χ0n) is 13.2. The number of amides is 1. The lowest BCUT2D eigenvalue weighted by atomic mass is 10.1. The van der Waals surface area contributed by atoms with Crippen LogP contribution in [-0.4, -0.2) is 34.6 Å². The third-order valence-electron chi connectivity index (χ3n) is 4.10. The van der Waals surface area contributed by atoms with E-state index in [4.69, 9.17) is 0 Å². The first-order valence-corrected chi connectivity index (χ1v) is 8.88. The van der Waals surface area contributed by atoms with Crippen molar-refractivity contribution in [2.24, 2.45) is 0 Å². The van der Waals surface area contributed by atoms with Gasteiger partial charge in [-0.05, 0) is 44.4 Å². The maximum absolute atomic E-state index is 12.3. The standard InChI is InChI=1S/C18H19N3OS/c1-13-5-6-16-14(9-13)10-15(11-19)18(20-16)23-12-17(22)21-7-3-2-4-8-21/h5-6,9-10H,2-4,7-8,12H2,1H3. The number of aryl methyl sites for hydroxylation is 1. The smallest absolute Gasteiger partial charge is 0.232 e. The summed E-state index contributed by atoms with van der Waals surface area (Å²) >= 11 is 1.37. The van der Waals surface area contributed by atoms with Gasteiger partial charge in [0.1, 0.15) is 11.1 Å². The Kier molecular flexibility index (Phi) is 4.82. The zero-order chi connectivity index (χ0) is 16.2. The quantitative estimate of drug-likeness (QED) is 0.810. The molecule has 118 valence electrons. The Balaban J connectivity index is 1.77. The van der Waals surface area contributed by atoms with Gasteiger partial charge in [-0.25, -0.2) is 4.98 Å². The van der Waals surface area contributed by atoms with Crippen molar-refractivity contribution in [3.8, 4) is 6.07 Å². The van der Waals surface area contributed by atoms with Crippen LogP contribution in [-0.2, 0) is 4.79 Å². The van der Waals surface area contributed by atoms with Crippen molar-refractivity contribution in [1.29, 1.82) is 5.26 Å². The highest BCUT2D eigenvalue weighted by molar-refractivity contribution is 8.00. The Morgan fingerprint density at radius 3 is 2.83 bits per heavy atom. The lowest BCUT2D eigenvalue weighted by molar-refractivity contribution is -0.129. The molecule has 1 saturated heterocycles. The van der Waals surface area contributed by atoms with Gasteiger partial charge in [0.05, 0.1) is 16.8 Å². The number of carbonyl (C=O) groups is 1. The van der Waals surface area contributed by atoms with Crippen molar-refractivity contribution in [3.63, 3.8) is 0 Å². The van der Waals surface area contributed by atoms with Crippen LogP contribution in [0.5, 0.6) is 0 Å². The SMILES string of the molecule is Cc1ccc2nc(SCC(=O)N3CCCCC3)c(C#N)cc2c1. The van der Waals surface area contributed by atoms with E-state index >= 15 is 0 Å². The van der Waals surface area contributed by atoms with E-state index in [9.17, 15) is 10.1 Å². The third-order valence-corrected chi connectivity index (χ3v) is 5.07. The number of rotatable bonds is 3. The molecule has 23 heavy (non-hydrogen) atoms. The molecule has 2 aromatic rings. The number of nitrogens with zero attached hydrogens (tertiary/aromatic N) is 3. The van der Waals surface area contributed by atoms with Gasteiger partial charge in [-0.1, -0.05) is 23.4 Å². The topological polar surface area (TPSA) is 57.0 Å². The number of hydrogen-bond donors (Lipinski definition) is 0. The van der Waals surface area contributed by atoms with Crippen LogP contribution in [0.2, 0.25) is 0 Å². The van der Waals surface area contributed by atoms with Crippen molar-refractivity contribution in [2.75, 3.05) is 18.8 Å². The first-order valence-electron chi connectivity index (χ1n) is 7.89. The molecular formula is C18H19N3OS. The molecule has 4 nitrogen and oxygen atoms in total. The molecule has 3 rings (SSSR count). The second kappa shape index (κ2) is 7.01. The molecule has 1 aliphatic heterocycles. The summed E-state index contributed by atoms with van der Waals surface area (Å²) in [6.07, 6.45) is 3.39. The number of carbonyl (C=O) groups excluding carboxylic acids is 1. The molecule has 1 fully saturated rings. The Morgan fingerprint density at radius 2 is 2.09 bits per heavy atom. The van der Waals surface area contributed by atoms with E-state index in [1.165, 1.54) is 18.2 Å². The highest BCUT2D eigenvalue weighted by Crippen LogP contribution is 2.25. The largest absolute Gasteiger partial charge is 0.342 e. The normalized spacial score (nSPS) is 14.7. The van der Waals surface area contributed by atoms with Crippen molar-refractivity contribution in [1.82, 2.24) is 9.88 Å². The van der Waals surface area contributed by atoms with Gasteiger partial charge in [-0.3, -0.25) is 4.79 Å². The highest BCUT2D eigenvalue weighted by atomic mass is 32.2. The highest BCUT2D eigenvalue weighted by Gasteiger charge is 2.17. The summed E-state index contributed by atoms with van der Waals surface area (Å²) in [6, 6.07) is 10.1. The summed E-state index contributed by atoms with van der Waals surface area (Å²) in [7, 11) is 0. The van der Waals surface area contributed by atoms with E-state index < -0.39 is 0 Å². The van der Waals surface area contributed by atoms with Gasteiger partial charge in [0.15, 0.2) is 0 Å². The molecule has 1 aromatic carbocycles. The molecule has 0 N–H and O–H groups in total. The van der Waals surface area contributed by atoms with Gasteiger partial charge in [-0.2, -0.15) is 5.26 Å². The number of likely N-dealkylation sites (tertiary alicyclic amines) is 1. The average molecular weight is 325 g/mol. The second-order valence-corrected chi connectivity index (χ2v) is 6.84. The molecule has 0 aliphatic carbocycles. The lowest BCUT2D eigenvalue weighted by Crippen LogP contribution is -2.36. The minimum absolute atomic E-state index is 0.143. The minimum Gasteiger partial charge on any atom is -0.342 e. The van der Waals surface area contributed by atoms with Crippen LogP contribution in [0.25, 0.3) is 10.9 Å². The molecular weight excluding hydrogens is 306 g/mol. The van der Waals surface area contributed by atoms with Gasteiger partial charge >= 0.3 is 0 Å². The molecule has 1 amide bonds. The Bertz CT molecular complexity index is 776. The van der Waals surface area contributed by atoms with E-state index in [0.717, 1.165) is 42.4 Å². The lowest BCUT2D eigenvalue weighted by Gasteiger charge is -2.26. The summed E-state index contributed by atoms with van der Waals surface area (Å²) in [6.45, 7) is 3.73. The summed E-state index contributed by atoms with van der Waals surface area (Å²) in [5.41, 5.74) is 2.55. The van der Waals surface area contributed by atoms with Crippen molar-refractivity contribution < 1.29 is 4.79 Å². The van der Waals surface area contributed by atoms with Gasteiger partial charge < -0.3 is 4.90 Å². The number of benzene rings is 1. The van der Waals surface area contributed by atoms with Crippen LogP contribution in [0.4, 0.5) is 0 Å². The van der Waals surface area contributed by atoms with Crippen LogP contribution in [0.15, 0.2) is 29.3 Å². The molecule has 1 aliphatic rings. The molecule has 1 aromatic heterocycles. The number of thioether (sulfide) groups is 1. The summed E-state index contributed by atoms with van der Waals surface area (Å²) in [5, 5.41) is 11.0. The Morgan fingerprint density at radius 1 is 1.30 bits per heavy atom. The Labute approximate surface area is 140 Å². The van der Waals surface area contributed by atoms with Crippen molar-refractivity contribution in [2.45, 2.75) is 31.2 Å². The van der Waals surface area contributed by atoms with E-state index in [1.54, 1.807) is 0 Å². The monoisotopic (exact) mass is 325 g/mol. The molecule has 5 heteroatoms. The number of piperidine rings is 1. The van der Waals surface area contributed by atoms with Gasteiger partial charge in [0, 0.05) is 18.5 Å². The van der Waals surface area contributed by atoms with Gasteiger partial charge in [-0.15, -0.1) is 0 Å². The number of aromatic nitrogens is 1. The molecule has 0 atom stereocenters. The molecule has 0 saturated carbocycles. The molecule has 0 radical (unpaired) electrons. The van der Waals surface area contributed by atoms with E-state index in [-0.39, 0.29) is 5.91 Å². The first kappa shape index (κ1) is 15.8. The number of nitriles is 1. The summed E-state index contributed by atoms with van der Waals surface area (Å²) in [4.78, 5) is 18.8. The zero-order valence-corrected chi connectivity index (χ0v) is 14.0. The maximum atomic E-state index is 12.3. The fourth-order valence-corrected chi connectivity index (χ4v) is 3.70. The molecule has 2 heterocycles. The van der Waals surface area contributed by atoms with Crippen molar-refractivity contribution >= 4 is 28.6 Å².